The van der Waals surface area contributed by atoms with E-state index in [1.165, 1.54) is 4.90 Å². The number of carbonyl (C=O) groups is 1. The third-order valence-electron chi connectivity index (χ3n) is 2.70. The number of nitrogen functional groups attached to an aromatic ring is 1. The first-order chi connectivity index (χ1) is 9.56. The molecule has 1 rings (SSSR count). The molecule has 6 heteroatoms. The van der Waals surface area contributed by atoms with Gasteiger partial charge in [0.05, 0.1) is 18.8 Å². The van der Waals surface area contributed by atoms with Crippen molar-refractivity contribution in [2.45, 2.75) is 6.42 Å². The summed E-state index contributed by atoms with van der Waals surface area (Å²) in [5.74, 6) is -0.0657. The fraction of sp³-hybridized carbons (Fsp3) is 0.500. The second kappa shape index (κ2) is 8.39. The van der Waals surface area contributed by atoms with Gasteiger partial charge in [-0.05, 0) is 24.6 Å². The van der Waals surface area contributed by atoms with E-state index in [1.54, 1.807) is 32.3 Å². The molecule has 0 atom stereocenters. The maximum Gasteiger partial charge on any atom is 0.255 e. The molecule has 0 heterocycles. The average molecular weight is 281 g/mol. The number of aliphatic hydroxyl groups is 1. The Bertz CT molecular complexity index is 436. The van der Waals surface area contributed by atoms with Crippen LogP contribution in [-0.2, 0) is 4.74 Å². The van der Waals surface area contributed by atoms with Gasteiger partial charge in [0.2, 0.25) is 0 Å². The van der Waals surface area contributed by atoms with Crippen molar-refractivity contribution < 1.29 is 14.6 Å². The second-order valence-corrected chi connectivity index (χ2v) is 4.62. The number of anilines is 2. The molecule has 0 saturated carbocycles. The lowest BCUT2D eigenvalue weighted by molar-refractivity contribution is 0.0828. The van der Waals surface area contributed by atoms with Crippen molar-refractivity contribution in [2.75, 3.05) is 51.5 Å². The largest absolute Gasteiger partial charge is 0.399 e. The van der Waals surface area contributed by atoms with Crippen LogP contribution in [0.15, 0.2) is 18.2 Å². The highest BCUT2D eigenvalue weighted by Crippen LogP contribution is 2.20. The Kier molecular flexibility index (Phi) is 6.83. The van der Waals surface area contributed by atoms with Crippen LogP contribution in [0.5, 0.6) is 0 Å². The molecule has 6 nitrogen and oxygen atoms in total. The number of nitrogens with one attached hydrogen (secondary N) is 1. The number of hydrogen-bond acceptors (Lipinski definition) is 5. The Morgan fingerprint density at radius 2 is 2.15 bits per heavy atom. The number of benzene rings is 1. The lowest BCUT2D eigenvalue weighted by Gasteiger charge is -2.16. The van der Waals surface area contributed by atoms with Gasteiger partial charge in [0.25, 0.3) is 5.91 Å². The normalized spacial score (nSPS) is 10.3. The molecular weight excluding hydrogens is 258 g/mol. The van der Waals surface area contributed by atoms with Crippen molar-refractivity contribution in [1.82, 2.24) is 4.90 Å². The van der Waals surface area contributed by atoms with Crippen LogP contribution in [0.3, 0.4) is 0 Å². The third kappa shape index (κ3) is 5.07. The van der Waals surface area contributed by atoms with E-state index in [4.69, 9.17) is 15.6 Å². The zero-order valence-corrected chi connectivity index (χ0v) is 12.1. The van der Waals surface area contributed by atoms with Crippen molar-refractivity contribution in [1.29, 1.82) is 0 Å². The van der Waals surface area contributed by atoms with E-state index in [1.807, 2.05) is 0 Å². The van der Waals surface area contributed by atoms with Crippen LogP contribution in [0.2, 0.25) is 0 Å². The first kappa shape index (κ1) is 16.3. The molecule has 0 saturated heterocycles. The summed E-state index contributed by atoms with van der Waals surface area (Å²) in [6.07, 6.45) is 0.782. The van der Waals surface area contributed by atoms with Crippen molar-refractivity contribution >= 4 is 17.3 Å². The standard InChI is InChI=1S/C14H23N3O3/c1-17(2)14(19)12-5-4-11(15)10-13(12)16-6-3-8-20-9-7-18/h4-5,10,16,18H,3,6-9,15H2,1-2H3. The summed E-state index contributed by atoms with van der Waals surface area (Å²) >= 11 is 0. The lowest BCUT2D eigenvalue weighted by atomic mass is 10.1. The lowest BCUT2D eigenvalue weighted by Crippen LogP contribution is -2.23. The number of rotatable bonds is 8. The Morgan fingerprint density at radius 3 is 2.80 bits per heavy atom. The summed E-state index contributed by atoms with van der Waals surface area (Å²) in [5.41, 5.74) is 7.69. The van der Waals surface area contributed by atoms with Crippen LogP contribution < -0.4 is 11.1 Å². The highest BCUT2D eigenvalue weighted by atomic mass is 16.5. The predicted molar refractivity (Wildman–Crippen MR) is 79.9 cm³/mol. The van der Waals surface area contributed by atoms with Gasteiger partial charge in [-0.25, -0.2) is 0 Å². The summed E-state index contributed by atoms with van der Waals surface area (Å²) in [4.78, 5) is 13.6. The Balaban J connectivity index is 2.59. The Hall–Kier alpha value is -1.79. The summed E-state index contributed by atoms with van der Waals surface area (Å²) < 4.78 is 5.17. The van der Waals surface area contributed by atoms with E-state index in [0.717, 1.165) is 12.1 Å². The molecular formula is C14H23N3O3. The number of hydrogen-bond donors (Lipinski definition) is 3. The van der Waals surface area contributed by atoms with Gasteiger partial charge in [-0.15, -0.1) is 0 Å². The van der Waals surface area contributed by atoms with Gasteiger partial charge in [0, 0.05) is 38.6 Å². The highest BCUT2D eigenvalue weighted by molar-refractivity contribution is 5.99. The molecule has 1 aromatic rings. The first-order valence-electron chi connectivity index (χ1n) is 6.60. The van der Waals surface area contributed by atoms with Gasteiger partial charge in [-0.3, -0.25) is 4.79 Å². The smallest absolute Gasteiger partial charge is 0.255 e. The minimum Gasteiger partial charge on any atom is -0.399 e. The number of nitrogens with zero attached hydrogens (tertiary/aromatic N) is 1. The molecule has 4 N–H and O–H groups in total. The van der Waals surface area contributed by atoms with Gasteiger partial charge < -0.3 is 25.8 Å². The maximum atomic E-state index is 12.0. The second-order valence-electron chi connectivity index (χ2n) is 4.62. The molecule has 0 aliphatic heterocycles. The summed E-state index contributed by atoms with van der Waals surface area (Å²) in [5, 5.41) is 11.8. The van der Waals surface area contributed by atoms with Crippen molar-refractivity contribution in [2.24, 2.45) is 0 Å². The zero-order chi connectivity index (χ0) is 15.0. The van der Waals surface area contributed by atoms with Crippen LogP contribution in [0.4, 0.5) is 11.4 Å². The van der Waals surface area contributed by atoms with Crippen LogP contribution in [-0.4, -0.2) is 56.4 Å². The molecule has 20 heavy (non-hydrogen) atoms. The van der Waals surface area contributed by atoms with Gasteiger partial charge in [0.1, 0.15) is 0 Å². The Morgan fingerprint density at radius 1 is 1.40 bits per heavy atom. The minimum absolute atomic E-state index is 0.0319. The number of carbonyl (C=O) groups excluding carboxylic acids is 1. The molecule has 0 spiro atoms. The predicted octanol–water partition coefficient (Wildman–Crippen LogP) is 0.781. The molecule has 0 aromatic heterocycles. The molecule has 1 aromatic carbocycles. The van der Waals surface area contributed by atoms with E-state index >= 15 is 0 Å². The molecule has 0 radical (unpaired) electrons. The summed E-state index contributed by atoms with van der Waals surface area (Å²) in [6.45, 7) is 1.61. The Labute approximate surface area is 119 Å². The molecule has 0 fully saturated rings. The highest BCUT2D eigenvalue weighted by Gasteiger charge is 2.13. The van der Waals surface area contributed by atoms with Gasteiger partial charge in [-0.2, -0.15) is 0 Å². The minimum atomic E-state index is -0.0657. The number of ether oxygens (including phenoxy) is 1. The molecule has 1 amide bonds. The van der Waals surface area contributed by atoms with E-state index in [2.05, 4.69) is 5.32 Å². The van der Waals surface area contributed by atoms with Crippen molar-refractivity contribution in [3.8, 4) is 0 Å². The SMILES string of the molecule is CN(C)C(=O)c1ccc(N)cc1NCCCOCCO. The van der Waals surface area contributed by atoms with E-state index in [0.29, 0.717) is 31.0 Å². The third-order valence-corrected chi connectivity index (χ3v) is 2.70. The molecule has 0 unspecified atom stereocenters. The molecule has 0 aliphatic rings. The average Bonchev–Trinajstić information content (AvgIpc) is 2.42. The number of amides is 1. The van der Waals surface area contributed by atoms with E-state index in [9.17, 15) is 4.79 Å². The van der Waals surface area contributed by atoms with Crippen LogP contribution >= 0.6 is 0 Å². The monoisotopic (exact) mass is 281 g/mol. The molecule has 112 valence electrons. The van der Waals surface area contributed by atoms with Crippen molar-refractivity contribution in [3.63, 3.8) is 0 Å². The van der Waals surface area contributed by atoms with Gasteiger partial charge in [-0.1, -0.05) is 0 Å². The number of aliphatic hydroxyl groups excluding tert-OH is 1. The molecule has 0 aliphatic carbocycles. The number of nitrogens with two attached hydrogens (primary N) is 1. The van der Waals surface area contributed by atoms with Crippen LogP contribution in [0.25, 0.3) is 0 Å². The summed E-state index contributed by atoms with van der Waals surface area (Å²) in [6, 6.07) is 5.19. The van der Waals surface area contributed by atoms with E-state index < -0.39 is 0 Å². The first-order valence-corrected chi connectivity index (χ1v) is 6.60. The van der Waals surface area contributed by atoms with Crippen LogP contribution in [0.1, 0.15) is 16.8 Å². The maximum absolute atomic E-state index is 12.0. The van der Waals surface area contributed by atoms with Crippen molar-refractivity contribution in [3.05, 3.63) is 23.8 Å². The zero-order valence-electron chi connectivity index (χ0n) is 12.1. The quantitative estimate of drug-likeness (QED) is 0.484. The van der Waals surface area contributed by atoms with E-state index in [-0.39, 0.29) is 12.5 Å². The topological polar surface area (TPSA) is 87.8 Å². The van der Waals surface area contributed by atoms with Gasteiger partial charge >= 0.3 is 0 Å². The fourth-order valence-electron chi connectivity index (χ4n) is 1.70. The van der Waals surface area contributed by atoms with Gasteiger partial charge in [0.15, 0.2) is 0 Å². The summed E-state index contributed by atoms with van der Waals surface area (Å²) in [7, 11) is 3.43. The fourth-order valence-corrected chi connectivity index (χ4v) is 1.70. The molecule has 0 bridgehead atoms. The van der Waals surface area contributed by atoms with Crippen LogP contribution in [0, 0.1) is 0 Å².